The van der Waals surface area contributed by atoms with E-state index in [0.29, 0.717) is 6.04 Å². The van der Waals surface area contributed by atoms with Gasteiger partial charge in [-0.3, -0.25) is 4.90 Å². The maximum atomic E-state index is 11.9. The Labute approximate surface area is 124 Å². The highest BCUT2D eigenvalue weighted by atomic mass is 35.5. The van der Waals surface area contributed by atoms with Gasteiger partial charge in [-0.05, 0) is 30.5 Å². The van der Waals surface area contributed by atoms with E-state index in [1.807, 2.05) is 17.0 Å². The van der Waals surface area contributed by atoms with Crippen LogP contribution in [0, 0.1) is 0 Å². The molecule has 1 saturated heterocycles. The highest BCUT2D eigenvalue weighted by Crippen LogP contribution is 2.19. The molecule has 20 heavy (non-hydrogen) atoms. The average molecular weight is 294 g/mol. The van der Waals surface area contributed by atoms with Gasteiger partial charge in [0.15, 0.2) is 0 Å². The Morgan fingerprint density at radius 2 is 1.80 bits per heavy atom. The summed E-state index contributed by atoms with van der Waals surface area (Å²) in [5.41, 5.74) is 1.27. The van der Waals surface area contributed by atoms with Gasteiger partial charge in [-0.1, -0.05) is 23.7 Å². The molecule has 2 aliphatic rings. The van der Waals surface area contributed by atoms with Gasteiger partial charge in [0.1, 0.15) is 0 Å². The number of rotatable bonds is 3. The van der Waals surface area contributed by atoms with Crippen LogP contribution < -0.4 is 5.32 Å². The normalized spacial score (nSPS) is 19.9. The van der Waals surface area contributed by atoms with Crippen LogP contribution in [0.5, 0.6) is 0 Å². The van der Waals surface area contributed by atoms with E-state index in [9.17, 15) is 4.79 Å². The van der Waals surface area contributed by atoms with E-state index in [0.717, 1.165) is 50.6 Å². The van der Waals surface area contributed by atoms with Crippen LogP contribution in [-0.2, 0) is 6.54 Å². The number of hydrogen-bond donors (Lipinski definition) is 1. The molecule has 1 aromatic rings. The molecule has 2 amide bonds. The van der Waals surface area contributed by atoms with Crippen molar-refractivity contribution in [2.45, 2.75) is 25.4 Å². The number of carbonyl (C=O) groups excluding carboxylic acids is 1. The summed E-state index contributed by atoms with van der Waals surface area (Å²) in [5, 5.41) is 3.82. The fourth-order valence-corrected chi connectivity index (χ4v) is 2.58. The third-order valence-corrected chi connectivity index (χ3v) is 4.14. The molecule has 0 bridgehead atoms. The van der Waals surface area contributed by atoms with Gasteiger partial charge >= 0.3 is 6.03 Å². The molecule has 1 saturated carbocycles. The lowest BCUT2D eigenvalue weighted by atomic mass is 10.2. The highest BCUT2D eigenvalue weighted by Gasteiger charge is 2.27. The highest BCUT2D eigenvalue weighted by molar-refractivity contribution is 6.30. The predicted molar refractivity (Wildman–Crippen MR) is 79.9 cm³/mol. The SMILES string of the molecule is O=C(NC1CC1)N1CCN(Cc2ccc(Cl)cc2)CC1. The topological polar surface area (TPSA) is 35.6 Å². The van der Waals surface area contributed by atoms with Crippen molar-refractivity contribution < 1.29 is 4.79 Å². The van der Waals surface area contributed by atoms with E-state index in [2.05, 4.69) is 22.3 Å². The number of piperazine rings is 1. The summed E-state index contributed by atoms with van der Waals surface area (Å²) in [6.45, 7) is 4.41. The van der Waals surface area contributed by atoms with Crippen LogP contribution in [-0.4, -0.2) is 48.1 Å². The van der Waals surface area contributed by atoms with E-state index >= 15 is 0 Å². The molecule has 1 aromatic carbocycles. The van der Waals surface area contributed by atoms with Gasteiger partial charge in [0, 0.05) is 43.8 Å². The zero-order valence-corrected chi connectivity index (χ0v) is 12.3. The molecule has 108 valence electrons. The standard InChI is InChI=1S/C15H20ClN3O/c16-13-3-1-12(2-4-13)11-18-7-9-19(10-8-18)15(20)17-14-5-6-14/h1-4,14H,5-11H2,(H,17,20). The number of halogens is 1. The van der Waals surface area contributed by atoms with Gasteiger partial charge in [-0.15, -0.1) is 0 Å². The van der Waals surface area contributed by atoms with Crippen LogP contribution in [0.1, 0.15) is 18.4 Å². The number of nitrogens with one attached hydrogen (secondary N) is 1. The molecule has 0 atom stereocenters. The molecule has 1 aliphatic carbocycles. The zero-order valence-electron chi connectivity index (χ0n) is 11.5. The summed E-state index contributed by atoms with van der Waals surface area (Å²) in [6, 6.07) is 8.53. The van der Waals surface area contributed by atoms with Crippen molar-refractivity contribution in [1.29, 1.82) is 0 Å². The van der Waals surface area contributed by atoms with Crippen LogP contribution in [0.3, 0.4) is 0 Å². The molecule has 5 heteroatoms. The largest absolute Gasteiger partial charge is 0.335 e. The van der Waals surface area contributed by atoms with Gasteiger partial charge in [0.2, 0.25) is 0 Å². The summed E-state index contributed by atoms with van der Waals surface area (Å²) in [7, 11) is 0. The molecular weight excluding hydrogens is 274 g/mol. The van der Waals surface area contributed by atoms with Crippen molar-refractivity contribution >= 4 is 17.6 Å². The first kappa shape index (κ1) is 13.7. The third kappa shape index (κ3) is 3.64. The second kappa shape index (κ2) is 6.02. The van der Waals surface area contributed by atoms with Gasteiger partial charge < -0.3 is 10.2 Å². The van der Waals surface area contributed by atoms with E-state index in [4.69, 9.17) is 11.6 Å². The maximum Gasteiger partial charge on any atom is 0.317 e. The Morgan fingerprint density at radius 3 is 2.40 bits per heavy atom. The van der Waals surface area contributed by atoms with Crippen molar-refractivity contribution in [2.24, 2.45) is 0 Å². The van der Waals surface area contributed by atoms with E-state index < -0.39 is 0 Å². The number of hydrogen-bond acceptors (Lipinski definition) is 2. The van der Waals surface area contributed by atoms with E-state index in [1.54, 1.807) is 0 Å². The zero-order chi connectivity index (χ0) is 13.9. The van der Waals surface area contributed by atoms with Crippen molar-refractivity contribution in [1.82, 2.24) is 15.1 Å². The second-order valence-corrected chi connectivity index (χ2v) is 6.05. The minimum absolute atomic E-state index is 0.110. The van der Waals surface area contributed by atoms with Crippen LogP contribution in [0.4, 0.5) is 4.79 Å². The number of benzene rings is 1. The fraction of sp³-hybridized carbons (Fsp3) is 0.533. The fourth-order valence-electron chi connectivity index (χ4n) is 2.45. The number of carbonyl (C=O) groups is 1. The Kier molecular flexibility index (Phi) is 4.13. The second-order valence-electron chi connectivity index (χ2n) is 5.61. The minimum Gasteiger partial charge on any atom is -0.335 e. The Morgan fingerprint density at radius 1 is 1.15 bits per heavy atom. The maximum absolute atomic E-state index is 11.9. The lowest BCUT2D eigenvalue weighted by Gasteiger charge is -2.34. The molecule has 0 spiro atoms. The van der Waals surface area contributed by atoms with Gasteiger partial charge in [-0.2, -0.15) is 0 Å². The van der Waals surface area contributed by atoms with E-state index in [-0.39, 0.29) is 6.03 Å². The molecule has 1 aliphatic heterocycles. The van der Waals surface area contributed by atoms with Crippen molar-refractivity contribution in [3.8, 4) is 0 Å². The van der Waals surface area contributed by atoms with Crippen molar-refractivity contribution in [3.63, 3.8) is 0 Å². The van der Waals surface area contributed by atoms with Gasteiger partial charge in [0.25, 0.3) is 0 Å². The van der Waals surface area contributed by atoms with Gasteiger partial charge in [-0.25, -0.2) is 4.79 Å². The summed E-state index contributed by atoms with van der Waals surface area (Å²) in [6.07, 6.45) is 2.28. The predicted octanol–water partition coefficient (Wildman–Crippen LogP) is 2.33. The molecular formula is C15H20ClN3O. The molecule has 2 fully saturated rings. The Hall–Kier alpha value is -1.26. The molecule has 3 rings (SSSR count). The molecule has 0 aromatic heterocycles. The van der Waals surface area contributed by atoms with Gasteiger partial charge in [0.05, 0.1) is 0 Å². The average Bonchev–Trinajstić information content (AvgIpc) is 3.26. The van der Waals surface area contributed by atoms with Crippen LogP contribution >= 0.6 is 11.6 Å². The van der Waals surface area contributed by atoms with Crippen molar-refractivity contribution in [3.05, 3.63) is 34.9 Å². The lowest BCUT2D eigenvalue weighted by Crippen LogP contribution is -2.51. The first-order valence-corrected chi connectivity index (χ1v) is 7.61. The quantitative estimate of drug-likeness (QED) is 0.928. The molecule has 0 unspecified atom stereocenters. The Balaban J connectivity index is 1.45. The monoisotopic (exact) mass is 293 g/mol. The van der Waals surface area contributed by atoms with Crippen LogP contribution in [0.2, 0.25) is 5.02 Å². The molecule has 4 nitrogen and oxygen atoms in total. The number of nitrogens with zero attached hydrogens (tertiary/aromatic N) is 2. The van der Waals surface area contributed by atoms with Crippen LogP contribution in [0.15, 0.2) is 24.3 Å². The summed E-state index contributed by atoms with van der Waals surface area (Å²) >= 11 is 5.89. The number of urea groups is 1. The van der Waals surface area contributed by atoms with E-state index in [1.165, 1.54) is 5.56 Å². The lowest BCUT2D eigenvalue weighted by molar-refractivity contribution is 0.135. The number of amides is 2. The Bertz CT molecular complexity index is 465. The first-order valence-electron chi connectivity index (χ1n) is 7.23. The van der Waals surface area contributed by atoms with Crippen molar-refractivity contribution in [2.75, 3.05) is 26.2 Å². The molecule has 1 heterocycles. The van der Waals surface area contributed by atoms with Crippen LogP contribution in [0.25, 0.3) is 0 Å². The summed E-state index contributed by atoms with van der Waals surface area (Å²) in [5.74, 6) is 0. The smallest absolute Gasteiger partial charge is 0.317 e. The summed E-state index contributed by atoms with van der Waals surface area (Å²) in [4.78, 5) is 16.2. The summed E-state index contributed by atoms with van der Waals surface area (Å²) < 4.78 is 0. The third-order valence-electron chi connectivity index (χ3n) is 3.88. The minimum atomic E-state index is 0.110. The first-order chi connectivity index (χ1) is 9.70. The molecule has 0 radical (unpaired) electrons. The molecule has 1 N–H and O–H groups in total.